The van der Waals surface area contributed by atoms with Crippen LogP contribution >= 0.6 is 0 Å². The van der Waals surface area contributed by atoms with Gasteiger partial charge in [-0.25, -0.2) is 0 Å². The van der Waals surface area contributed by atoms with Crippen molar-refractivity contribution in [1.29, 1.82) is 0 Å². The molecule has 134 valence electrons. The zero-order valence-corrected chi connectivity index (χ0v) is 15.0. The van der Waals surface area contributed by atoms with Crippen LogP contribution in [-0.2, 0) is 4.79 Å². The van der Waals surface area contributed by atoms with E-state index in [4.69, 9.17) is 11.5 Å². The van der Waals surface area contributed by atoms with E-state index in [0.29, 0.717) is 0 Å². The van der Waals surface area contributed by atoms with E-state index in [1.165, 1.54) is 12.8 Å². The number of nitrogens with one attached hydrogen (secondary N) is 2. The van der Waals surface area contributed by atoms with Gasteiger partial charge in [0.2, 0.25) is 5.91 Å². The van der Waals surface area contributed by atoms with Gasteiger partial charge in [0, 0.05) is 13.5 Å². The Morgan fingerprint density at radius 2 is 1.55 bits per heavy atom. The third-order valence-electron chi connectivity index (χ3n) is 3.08. The van der Waals surface area contributed by atoms with E-state index in [0.717, 1.165) is 65.1 Å². The average Bonchev–Trinajstić information content (AvgIpc) is 2.50. The molecule has 0 saturated carbocycles. The highest BCUT2D eigenvalue weighted by Gasteiger charge is 1.98. The Morgan fingerprint density at radius 3 is 2.09 bits per heavy atom. The van der Waals surface area contributed by atoms with E-state index < -0.39 is 0 Å². The van der Waals surface area contributed by atoms with Gasteiger partial charge in [-0.1, -0.05) is 6.92 Å². The molecule has 0 atom stereocenters. The second kappa shape index (κ2) is 20.3. The normalized spacial score (nSPS) is 10.3. The van der Waals surface area contributed by atoms with Crippen LogP contribution in [0.3, 0.4) is 0 Å². The Hall–Kier alpha value is -0.690. The molecule has 0 unspecified atom stereocenters. The van der Waals surface area contributed by atoms with Crippen LogP contribution in [0.15, 0.2) is 0 Å². The highest BCUT2D eigenvalue weighted by atomic mass is 16.1. The number of unbranched alkanes of at least 4 members (excludes halogenated alkanes) is 1. The summed E-state index contributed by atoms with van der Waals surface area (Å²) in [4.78, 5) is 13.0. The first kappa shape index (κ1) is 23.6. The summed E-state index contributed by atoms with van der Waals surface area (Å²) in [6, 6.07) is 0. The maximum absolute atomic E-state index is 10.7. The summed E-state index contributed by atoms with van der Waals surface area (Å²) in [6.07, 6.45) is 5.60. The third kappa shape index (κ3) is 24.3. The van der Waals surface area contributed by atoms with Crippen molar-refractivity contribution in [3.63, 3.8) is 0 Å². The first-order chi connectivity index (χ1) is 10.6. The molecule has 0 aliphatic carbocycles. The molecule has 0 radical (unpaired) electrons. The zero-order chi connectivity index (χ0) is 17.1. The van der Waals surface area contributed by atoms with E-state index in [2.05, 4.69) is 29.5 Å². The summed E-state index contributed by atoms with van der Waals surface area (Å²) in [5, 5.41) is 6.19. The van der Waals surface area contributed by atoms with Gasteiger partial charge >= 0.3 is 0 Å². The topological polar surface area (TPSA) is 96.4 Å². The Kier molecular flexibility index (Phi) is 21.8. The van der Waals surface area contributed by atoms with Crippen LogP contribution in [0.25, 0.3) is 0 Å². The van der Waals surface area contributed by atoms with Crippen molar-refractivity contribution in [2.24, 2.45) is 11.5 Å². The maximum atomic E-state index is 10.7. The lowest BCUT2D eigenvalue weighted by molar-refractivity contribution is -0.118. The molecule has 0 aromatic rings. The first-order valence-corrected chi connectivity index (χ1v) is 8.62. The molecule has 0 aliphatic heterocycles. The monoisotopic (exact) mass is 317 g/mol. The summed E-state index contributed by atoms with van der Waals surface area (Å²) in [6.45, 7) is 10.3. The summed E-state index contributed by atoms with van der Waals surface area (Å²) < 4.78 is 0. The molecule has 0 fully saturated rings. The van der Waals surface area contributed by atoms with E-state index in [9.17, 15) is 4.79 Å². The number of nitrogens with two attached hydrogens (primary N) is 2. The molecule has 6 nitrogen and oxygen atoms in total. The fourth-order valence-corrected chi connectivity index (χ4v) is 1.71. The fraction of sp³-hybridized carbons (Fsp3) is 0.938. The Labute approximate surface area is 137 Å². The van der Waals surface area contributed by atoms with E-state index >= 15 is 0 Å². The van der Waals surface area contributed by atoms with Gasteiger partial charge in [0.15, 0.2) is 0 Å². The molecule has 6 N–H and O–H groups in total. The van der Waals surface area contributed by atoms with Crippen molar-refractivity contribution in [2.75, 3.05) is 52.9 Å². The molecule has 22 heavy (non-hydrogen) atoms. The van der Waals surface area contributed by atoms with Crippen LogP contribution in [0.5, 0.6) is 0 Å². The number of amides is 1. The van der Waals surface area contributed by atoms with Gasteiger partial charge in [-0.05, 0) is 78.4 Å². The van der Waals surface area contributed by atoms with Gasteiger partial charge in [0.25, 0.3) is 0 Å². The summed E-state index contributed by atoms with van der Waals surface area (Å²) in [5.74, 6) is 0.0567. The number of rotatable bonds is 13. The Morgan fingerprint density at radius 1 is 0.955 bits per heavy atom. The lowest BCUT2D eigenvalue weighted by atomic mass is 10.2. The maximum Gasteiger partial charge on any atom is 0.216 e. The number of hydrogen-bond acceptors (Lipinski definition) is 5. The average molecular weight is 318 g/mol. The van der Waals surface area contributed by atoms with Crippen LogP contribution in [0.1, 0.15) is 46.0 Å². The number of carbonyl (C=O) groups is 1. The van der Waals surface area contributed by atoms with Gasteiger partial charge in [-0.3, -0.25) is 4.79 Å². The van der Waals surface area contributed by atoms with Crippen LogP contribution < -0.4 is 22.1 Å². The van der Waals surface area contributed by atoms with Crippen molar-refractivity contribution in [3.05, 3.63) is 0 Å². The summed E-state index contributed by atoms with van der Waals surface area (Å²) in [5.41, 5.74) is 10.4. The summed E-state index contributed by atoms with van der Waals surface area (Å²) >= 11 is 0. The molecule has 0 aliphatic rings. The summed E-state index contributed by atoms with van der Waals surface area (Å²) in [7, 11) is 2.13. The zero-order valence-electron chi connectivity index (χ0n) is 15.0. The van der Waals surface area contributed by atoms with Crippen LogP contribution in [-0.4, -0.2) is 63.7 Å². The SMILES string of the molecule is CC(=O)NCCCN(C)CCCCNCCCN.CCCN. The van der Waals surface area contributed by atoms with Crippen LogP contribution in [0.2, 0.25) is 0 Å². The molecule has 1 amide bonds. The minimum absolute atomic E-state index is 0.0567. The minimum Gasteiger partial charge on any atom is -0.356 e. The van der Waals surface area contributed by atoms with Crippen molar-refractivity contribution in [1.82, 2.24) is 15.5 Å². The number of carbonyl (C=O) groups excluding carboxylic acids is 1. The lowest BCUT2D eigenvalue weighted by Gasteiger charge is -2.16. The number of hydrogen-bond donors (Lipinski definition) is 4. The molecular formula is C16H39N5O. The van der Waals surface area contributed by atoms with Crippen LogP contribution in [0, 0.1) is 0 Å². The molecule has 0 bridgehead atoms. The molecule has 0 aromatic carbocycles. The van der Waals surface area contributed by atoms with Gasteiger partial charge in [0.1, 0.15) is 0 Å². The second-order valence-electron chi connectivity index (χ2n) is 5.53. The fourth-order valence-electron chi connectivity index (χ4n) is 1.71. The Bertz CT molecular complexity index is 225. The predicted octanol–water partition coefficient (Wildman–Crippen LogP) is 0.518. The van der Waals surface area contributed by atoms with Gasteiger partial charge in [-0.15, -0.1) is 0 Å². The standard InChI is InChI=1S/C13H30N4O.C3H9N/c1-13(18)16-10-6-12-17(2)11-4-3-8-15-9-5-7-14;1-2-3-4/h15H,3-12,14H2,1-2H3,(H,16,18);2-4H2,1H3. The van der Waals surface area contributed by atoms with Crippen molar-refractivity contribution in [3.8, 4) is 0 Å². The minimum atomic E-state index is 0.0567. The van der Waals surface area contributed by atoms with Gasteiger partial charge in [-0.2, -0.15) is 0 Å². The molecule has 0 rings (SSSR count). The van der Waals surface area contributed by atoms with Crippen molar-refractivity contribution >= 4 is 5.91 Å². The van der Waals surface area contributed by atoms with Gasteiger partial charge in [0.05, 0.1) is 0 Å². The van der Waals surface area contributed by atoms with Crippen LogP contribution in [0.4, 0.5) is 0 Å². The molecule has 0 saturated heterocycles. The second-order valence-corrected chi connectivity index (χ2v) is 5.53. The molecule has 0 heterocycles. The predicted molar refractivity (Wildman–Crippen MR) is 95.9 cm³/mol. The highest BCUT2D eigenvalue weighted by molar-refractivity contribution is 5.72. The lowest BCUT2D eigenvalue weighted by Crippen LogP contribution is -2.27. The van der Waals surface area contributed by atoms with Gasteiger partial charge < -0.3 is 27.0 Å². The van der Waals surface area contributed by atoms with Crippen molar-refractivity contribution < 1.29 is 4.79 Å². The molecule has 0 spiro atoms. The van der Waals surface area contributed by atoms with E-state index in [-0.39, 0.29) is 5.91 Å². The Balaban J connectivity index is 0. The van der Waals surface area contributed by atoms with E-state index in [1.54, 1.807) is 6.92 Å². The smallest absolute Gasteiger partial charge is 0.216 e. The first-order valence-electron chi connectivity index (χ1n) is 8.62. The highest BCUT2D eigenvalue weighted by Crippen LogP contribution is 1.93. The number of nitrogens with zero attached hydrogens (tertiary/aromatic N) is 1. The quantitative estimate of drug-likeness (QED) is 0.371. The molecule has 0 aromatic heterocycles. The molecule has 6 heteroatoms. The van der Waals surface area contributed by atoms with Crippen molar-refractivity contribution in [2.45, 2.75) is 46.0 Å². The third-order valence-corrected chi connectivity index (χ3v) is 3.08. The van der Waals surface area contributed by atoms with E-state index in [1.807, 2.05) is 0 Å². The largest absolute Gasteiger partial charge is 0.356 e. The molecular weight excluding hydrogens is 278 g/mol.